The van der Waals surface area contributed by atoms with Gasteiger partial charge in [0, 0.05) is 45.2 Å². The van der Waals surface area contributed by atoms with Crippen LogP contribution in [0.2, 0.25) is 0 Å². The molecule has 0 radical (unpaired) electrons. The summed E-state index contributed by atoms with van der Waals surface area (Å²) in [5.74, 6) is 0.568. The summed E-state index contributed by atoms with van der Waals surface area (Å²) in [7, 11) is 1.87. The Kier molecular flexibility index (Phi) is 5.56. The average molecular weight is 291 g/mol. The van der Waals surface area contributed by atoms with Crippen molar-refractivity contribution in [2.45, 2.75) is 26.7 Å². The number of rotatable bonds is 5. The van der Waals surface area contributed by atoms with Gasteiger partial charge in [-0.2, -0.15) is 0 Å². The van der Waals surface area contributed by atoms with Crippen LogP contribution in [0.25, 0.3) is 0 Å². The maximum atomic E-state index is 12.6. The van der Waals surface area contributed by atoms with Gasteiger partial charge in [-0.25, -0.2) is 0 Å². The first-order valence-corrected chi connectivity index (χ1v) is 7.65. The predicted molar refractivity (Wildman–Crippen MR) is 83.6 cm³/mol. The minimum atomic E-state index is 0.0324. The normalized spacial score (nSPS) is 15.8. The minimum absolute atomic E-state index is 0.0324. The summed E-state index contributed by atoms with van der Waals surface area (Å²) < 4.78 is 5.37. The van der Waals surface area contributed by atoms with Gasteiger partial charge in [-0.3, -0.25) is 9.78 Å². The Bertz CT molecular complexity index is 484. The first kappa shape index (κ1) is 15.8. The van der Waals surface area contributed by atoms with Crippen LogP contribution in [0.15, 0.2) is 12.3 Å². The van der Waals surface area contributed by atoms with E-state index in [4.69, 9.17) is 4.74 Å². The quantitative estimate of drug-likeness (QED) is 0.904. The van der Waals surface area contributed by atoms with Gasteiger partial charge in [0.2, 0.25) is 0 Å². The molecule has 0 spiro atoms. The van der Waals surface area contributed by atoms with Crippen LogP contribution >= 0.6 is 0 Å². The molecule has 1 fully saturated rings. The molecule has 0 aromatic carbocycles. The second-order valence-electron chi connectivity index (χ2n) is 5.64. The fourth-order valence-electron chi connectivity index (χ4n) is 2.67. The summed E-state index contributed by atoms with van der Waals surface area (Å²) in [6, 6.07) is 1.93. The van der Waals surface area contributed by atoms with E-state index in [1.807, 2.05) is 31.9 Å². The number of anilines is 1. The minimum Gasteiger partial charge on any atom is -0.385 e. The molecule has 0 aliphatic carbocycles. The summed E-state index contributed by atoms with van der Waals surface area (Å²) in [4.78, 5) is 18.7. The van der Waals surface area contributed by atoms with Gasteiger partial charge in [-0.05, 0) is 38.7 Å². The van der Waals surface area contributed by atoms with Crippen LogP contribution in [0.4, 0.5) is 5.69 Å². The molecule has 1 aromatic heterocycles. The molecule has 0 unspecified atom stereocenters. The van der Waals surface area contributed by atoms with Crippen molar-refractivity contribution < 1.29 is 9.53 Å². The van der Waals surface area contributed by atoms with Gasteiger partial charge in [0.25, 0.3) is 5.91 Å². The number of hydrogen-bond acceptors (Lipinski definition) is 4. The number of nitrogens with zero attached hydrogens (tertiary/aromatic N) is 2. The van der Waals surface area contributed by atoms with E-state index < -0.39 is 0 Å². The number of carbonyl (C=O) groups is 1. The Labute approximate surface area is 126 Å². The number of nitrogens with one attached hydrogen (secondary N) is 1. The van der Waals surface area contributed by atoms with Crippen LogP contribution in [0.5, 0.6) is 0 Å². The maximum Gasteiger partial charge on any atom is 0.257 e. The topological polar surface area (TPSA) is 54.5 Å². The first-order chi connectivity index (χ1) is 10.1. The van der Waals surface area contributed by atoms with E-state index in [9.17, 15) is 4.79 Å². The molecule has 1 aliphatic rings. The summed E-state index contributed by atoms with van der Waals surface area (Å²) in [6.45, 7) is 7.13. The van der Waals surface area contributed by atoms with Crippen molar-refractivity contribution in [2.75, 3.05) is 38.7 Å². The third-order valence-corrected chi connectivity index (χ3v) is 3.86. The fraction of sp³-hybridized carbons (Fsp3) is 0.625. The fourth-order valence-corrected chi connectivity index (χ4v) is 2.67. The number of carbonyl (C=O) groups excluding carboxylic acids is 1. The largest absolute Gasteiger partial charge is 0.385 e. The molecule has 1 aliphatic heterocycles. The molecule has 1 saturated heterocycles. The summed E-state index contributed by atoms with van der Waals surface area (Å²) in [5.41, 5.74) is 2.43. The standard InChI is InChI=1S/C16H25N3O2/c1-4-17-15-9-12(2)18-10-14(15)16(20)19(3)11-13-5-7-21-8-6-13/h9-10,13H,4-8,11H2,1-3H3,(H,17,18). The third-order valence-electron chi connectivity index (χ3n) is 3.86. The zero-order valence-electron chi connectivity index (χ0n) is 13.2. The zero-order chi connectivity index (χ0) is 15.2. The van der Waals surface area contributed by atoms with Gasteiger partial charge in [0.15, 0.2) is 0 Å². The lowest BCUT2D eigenvalue weighted by molar-refractivity contribution is 0.0497. The van der Waals surface area contributed by atoms with Gasteiger partial charge >= 0.3 is 0 Å². The molecule has 1 aromatic rings. The highest BCUT2D eigenvalue weighted by Crippen LogP contribution is 2.20. The second-order valence-corrected chi connectivity index (χ2v) is 5.64. The number of aryl methyl sites for hydroxylation is 1. The molecule has 5 nitrogen and oxygen atoms in total. The molecular weight excluding hydrogens is 266 g/mol. The first-order valence-electron chi connectivity index (χ1n) is 7.65. The van der Waals surface area contributed by atoms with Crippen LogP contribution in [0.3, 0.4) is 0 Å². The van der Waals surface area contributed by atoms with Crippen molar-refractivity contribution in [3.8, 4) is 0 Å². The Balaban J connectivity index is 2.07. The van der Waals surface area contributed by atoms with Crippen molar-refractivity contribution in [3.05, 3.63) is 23.5 Å². The van der Waals surface area contributed by atoms with E-state index in [1.165, 1.54) is 0 Å². The molecular formula is C16H25N3O2. The monoisotopic (exact) mass is 291 g/mol. The summed E-state index contributed by atoms with van der Waals surface area (Å²) in [6.07, 6.45) is 3.74. The summed E-state index contributed by atoms with van der Waals surface area (Å²) >= 11 is 0. The van der Waals surface area contributed by atoms with E-state index in [-0.39, 0.29) is 5.91 Å². The van der Waals surface area contributed by atoms with E-state index in [2.05, 4.69) is 10.3 Å². The van der Waals surface area contributed by atoms with Crippen LogP contribution in [-0.2, 0) is 4.74 Å². The highest BCUT2D eigenvalue weighted by atomic mass is 16.5. The smallest absolute Gasteiger partial charge is 0.257 e. The molecule has 21 heavy (non-hydrogen) atoms. The maximum absolute atomic E-state index is 12.6. The van der Waals surface area contributed by atoms with Gasteiger partial charge in [-0.1, -0.05) is 0 Å². The Morgan fingerprint density at radius 2 is 2.19 bits per heavy atom. The zero-order valence-corrected chi connectivity index (χ0v) is 13.2. The number of pyridine rings is 1. The average Bonchev–Trinajstić information content (AvgIpc) is 2.48. The second kappa shape index (κ2) is 7.41. The molecule has 0 bridgehead atoms. The summed E-state index contributed by atoms with van der Waals surface area (Å²) in [5, 5.41) is 3.25. The number of amides is 1. The van der Waals surface area contributed by atoms with Crippen molar-refractivity contribution in [2.24, 2.45) is 5.92 Å². The van der Waals surface area contributed by atoms with E-state index in [0.717, 1.165) is 50.5 Å². The van der Waals surface area contributed by atoms with Crippen molar-refractivity contribution in [1.29, 1.82) is 0 Å². The lowest BCUT2D eigenvalue weighted by Crippen LogP contribution is -2.34. The molecule has 2 heterocycles. The molecule has 2 rings (SSSR count). The lowest BCUT2D eigenvalue weighted by atomic mass is 9.99. The third kappa shape index (κ3) is 4.17. The highest BCUT2D eigenvalue weighted by molar-refractivity contribution is 5.99. The predicted octanol–water partition coefficient (Wildman–Crippen LogP) is 2.32. The molecule has 0 saturated carbocycles. The van der Waals surface area contributed by atoms with Gasteiger partial charge < -0.3 is 15.0 Å². The molecule has 1 N–H and O–H groups in total. The number of hydrogen-bond donors (Lipinski definition) is 1. The number of ether oxygens (including phenoxy) is 1. The molecule has 0 atom stereocenters. The van der Waals surface area contributed by atoms with Gasteiger partial charge in [-0.15, -0.1) is 0 Å². The van der Waals surface area contributed by atoms with Crippen molar-refractivity contribution >= 4 is 11.6 Å². The van der Waals surface area contributed by atoms with Crippen LogP contribution in [0, 0.1) is 12.8 Å². The molecule has 1 amide bonds. The van der Waals surface area contributed by atoms with Crippen molar-refractivity contribution in [3.63, 3.8) is 0 Å². The van der Waals surface area contributed by atoms with Crippen LogP contribution in [0.1, 0.15) is 35.8 Å². The molecule has 5 heteroatoms. The number of aromatic nitrogens is 1. The van der Waals surface area contributed by atoms with Crippen LogP contribution in [-0.4, -0.2) is 49.1 Å². The van der Waals surface area contributed by atoms with Crippen LogP contribution < -0.4 is 5.32 Å². The highest BCUT2D eigenvalue weighted by Gasteiger charge is 2.21. The van der Waals surface area contributed by atoms with E-state index in [0.29, 0.717) is 11.5 Å². The van der Waals surface area contributed by atoms with Crippen molar-refractivity contribution in [1.82, 2.24) is 9.88 Å². The SMILES string of the molecule is CCNc1cc(C)ncc1C(=O)N(C)CC1CCOCC1. The molecule has 116 valence electrons. The van der Waals surface area contributed by atoms with Gasteiger partial charge in [0.1, 0.15) is 0 Å². The Morgan fingerprint density at radius 3 is 2.86 bits per heavy atom. The van der Waals surface area contributed by atoms with Gasteiger partial charge in [0.05, 0.1) is 11.3 Å². The Hall–Kier alpha value is -1.62. The lowest BCUT2D eigenvalue weighted by Gasteiger charge is -2.27. The van der Waals surface area contributed by atoms with E-state index >= 15 is 0 Å². The Morgan fingerprint density at radius 1 is 1.48 bits per heavy atom. The van der Waals surface area contributed by atoms with E-state index in [1.54, 1.807) is 6.20 Å².